The molecule has 6 heterocycles. The van der Waals surface area contributed by atoms with Gasteiger partial charge in [-0.2, -0.15) is 0 Å². The van der Waals surface area contributed by atoms with E-state index in [1.54, 1.807) is 18.2 Å². The van der Waals surface area contributed by atoms with Crippen molar-refractivity contribution < 1.29 is 55.9 Å². The first-order valence-electron chi connectivity index (χ1n) is 36.7. The topological polar surface area (TPSA) is 385 Å². The molecule has 0 aliphatic rings. The Morgan fingerprint density at radius 1 is 0.359 bits per heavy atom. The molecule has 6 aromatic heterocycles. The lowest BCUT2D eigenvalue weighted by Gasteiger charge is -2.35. The Labute approximate surface area is 612 Å². The number of aromatic nitrogens is 6. The minimum absolute atomic E-state index is 0.0650. The molecule has 0 atom stereocenters. The van der Waals surface area contributed by atoms with Crippen molar-refractivity contribution in [2.24, 2.45) is 0 Å². The zero-order valence-corrected chi connectivity index (χ0v) is 66.1. The van der Waals surface area contributed by atoms with Crippen molar-refractivity contribution in [3.63, 3.8) is 0 Å². The van der Waals surface area contributed by atoms with Crippen LogP contribution in [0.1, 0.15) is 250 Å². The van der Waals surface area contributed by atoms with Crippen molar-refractivity contribution in [3.8, 4) is 0 Å². The average Bonchev–Trinajstić information content (AvgIpc) is 1.75. The molecule has 6 aromatic rings. The Bertz CT molecular complexity index is 3310. The molecular weight excluding hydrogens is 1320 g/mol. The van der Waals surface area contributed by atoms with Crippen molar-refractivity contribution in [3.05, 3.63) is 104 Å². The summed E-state index contributed by atoms with van der Waals surface area (Å²) in [7, 11) is 7.95. The van der Waals surface area contributed by atoms with Crippen molar-refractivity contribution in [1.82, 2.24) is 93.9 Å². The standard InChI is InChI=1S/C15H27N3O2.C14H25N3O2.C12H21N3O2.2C11H19N3O2.C10H17N3O2/c1-7-12-11(3)13(17-20-12)14(19)16-10-9-15(4,5)18(6)8-2;1-6-11-10-12(16-19-11)13(18)15-9-8-14(3,4)17(5)7-2;1-4-10-9(3)11(15-17-10)12(16)14-8-6-7-13-5-2;1-4-9-8(2)10(14-16-9)11(15)13-7-5-6-12-3;1-3-9-8-10(14-16-9)11(15)13-7-5-6-12-4-2;1-3-8-7-9(13-15-8)10(14)12-6-4-5-11-2/h7-10H2,1-6H3,(H,16,19);10H,6-9H2,1-5H3,(H,15,18);13H,4-8H2,1-3H3,(H,14,16);12H,4-7H2,1-3H3,(H,13,15);8,12H,3-7H2,1-2H3,(H,13,15);7,11H,3-6H2,1-2H3,(H,12,14). The number of hydrogen-bond donors (Lipinski definition) is 10. The second-order valence-electron chi connectivity index (χ2n) is 25.4. The van der Waals surface area contributed by atoms with E-state index in [1.807, 2.05) is 76.4 Å². The van der Waals surface area contributed by atoms with Gasteiger partial charge in [0.15, 0.2) is 34.2 Å². The number of hydrogen-bond acceptors (Lipinski definition) is 24. The third-order valence-corrected chi connectivity index (χ3v) is 17.1. The molecule has 0 aliphatic heterocycles. The van der Waals surface area contributed by atoms with Crippen LogP contribution in [0.25, 0.3) is 0 Å². The molecule has 103 heavy (non-hydrogen) atoms. The normalized spacial score (nSPS) is 11.0. The van der Waals surface area contributed by atoms with Gasteiger partial charge in [-0.15, -0.1) is 0 Å². The highest BCUT2D eigenvalue weighted by Crippen LogP contribution is 2.19. The van der Waals surface area contributed by atoms with Crippen molar-refractivity contribution in [2.45, 2.75) is 206 Å². The van der Waals surface area contributed by atoms with Gasteiger partial charge in [0, 0.05) is 124 Å². The van der Waals surface area contributed by atoms with Gasteiger partial charge < -0.3 is 90.1 Å². The lowest BCUT2D eigenvalue weighted by atomic mass is 9.98. The molecule has 582 valence electrons. The van der Waals surface area contributed by atoms with Crippen LogP contribution < -0.4 is 53.2 Å². The summed E-state index contributed by atoms with van der Waals surface area (Å²) >= 11 is 0. The molecule has 6 rings (SSSR count). The van der Waals surface area contributed by atoms with Crippen LogP contribution in [0.2, 0.25) is 0 Å². The molecule has 0 unspecified atom stereocenters. The Balaban J connectivity index is 0.000000620. The molecule has 0 aromatic carbocycles. The van der Waals surface area contributed by atoms with Crippen LogP contribution >= 0.6 is 0 Å². The van der Waals surface area contributed by atoms with Crippen LogP contribution in [0.4, 0.5) is 0 Å². The number of amides is 6. The minimum Gasteiger partial charge on any atom is -0.361 e. The third kappa shape index (κ3) is 35.3. The van der Waals surface area contributed by atoms with Crippen LogP contribution in [-0.4, -0.2) is 207 Å². The second kappa shape index (κ2) is 52.7. The third-order valence-electron chi connectivity index (χ3n) is 17.1. The van der Waals surface area contributed by atoms with E-state index in [4.69, 9.17) is 27.1 Å². The summed E-state index contributed by atoms with van der Waals surface area (Å²) in [5.41, 5.74) is 4.96. The summed E-state index contributed by atoms with van der Waals surface area (Å²) in [5, 5.41) is 52.0. The van der Waals surface area contributed by atoms with E-state index in [0.717, 1.165) is 181 Å². The molecule has 0 bridgehead atoms. The Morgan fingerprint density at radius 2 is 0.621 bits per heavy atom. The predicted molar refractivity (Wildman–Crippen MR) is 401 cm³/mol. The molecular formula is C73H128N18O12. The zero-order chi connectivity index (χ0) is 77.3. The van der Waals surface area contributed by atoms with Gasteiger partial charge in [-0.25, -0.2) is 0 Å². The molecule has 0 saturated carbocycles. The largest absolute Gasteiger partial charge is 0.361 e. The van der Waals surface area contributed by atoms with E-state index in [-0.39, 0.29) is 46.5 Å². The van der Waals surface area contributed by atoms with Gasteiger partial charge in [-0.05, 0) is 168 Å². The molecule has 10 N–H and O–H groups in total. The summed E-state index contributed by atoms with van der Waals surface area (Å²) in [6.45, 7) is 45.8. The first-order valence-corrected chi connectivity index (χ1v) is 36.7. The molecule has 0 fully saturated rings. The summed E-state index contributed by atoms with van der Waals surface area (Å²) in [6, 6.07) is 5.05. The number of nitrogens with zero attached hydrogens (tertiary/aromatic N) is 8. The fraction of sp³-hybridized carbons (Fsp3) is 0.671. The monoisotopic (exact) mass is 1450 g/mol. The van der Waals surface area contributed by atoms with Gasteiger partial charge in [0.25, 0.3) is 35.4 Å². The first-order chi connectivity index (χ1) is 49.2. The summed E-state index contributed by atoms with van der Waals surface area (Å²) in [4.78, 5) is 75.0. The summed E-state index contributed by atoms with van der Waals surface area (Å²) in [5.74, 6) is 3.57. The van der Waals surface area contributed by atoms with Crippen molar-refractivity contribution in [2.75, 3.05) is 120 Å². The number of rotatable bonds is 40. The maximum atomic E-state index is 12.1. The Morgan fingerprint density at radius 3 is 0.854 bits per heavy atom. The second-order valence-corrected chi connectivity index (χ2v) is 25.4. The minimum atomic E-state index is -0.172. The SMILES string of the molecule is CCNCCCNC(=O)c1cc(CC)on1.CCNCCCNC(=O)c1noc(CC)c1C.CCc1cc(C(=O)NCCC(C)(C)N(C)CC)no1.CCc1cc(C(=O)NCCCNC)no1.CCc1onc(C(=O)NCCC(C)(C)N(C)CC)c1C.CCc1onc(C(=O)NCCCNC)c1C. The molecule has 0 aliphatic carbocycles. The van der Waals surface area contributed by atoms with Crippen LogP contribution in [0.3, 0.4) is 0 Å². The van der Waals surface area contributed by atoms with Crippen LogP contribution in [0.5, 0.6) is 0 Å². The fourth-order valence-electron chi connectivity index (χ4n) is 9.34. The van der Waals surface area contributed by atoms with Gasteiger partial charge >= 0.3 is 0 Å². The van der Waals surface area contributed by atoms with Crippen molar-refractivity contribution >= 4 is 35.4 Å². The van der Waals surface area contributed by atoms with E-state index < -0.39 is 0 Å². The molecule has 6 amide bonds. The van der Waals surface area contributed by atoms with E-state index in [0.29, 0.717) is 73.4 Å². The number of carbonyl (C=O) groups is 6. The van der Waals surface area contributed by atoms with Crippen LogP contribution in [-0.2, 0) is 38.5 Å². The predicted octanol–water partition coefficient (Wildman–Crippen LogP) is 8.19. The Hall–Kier alpha value is -8.16. The number of carbonyl (C=O) groups excluding carboxylic acids is 6. The quantitative estimate of drug-likeness (QED) is 0.0162. The molecule has 0 spiro atoms. The number of aryl methyl sites for hydroxylation is 6. The summed E-state index contributed by atoms with van der Waals surface area (Å²) < 4.78 is 30.2. The first kappa shape index (κ1) is 92.9. The summed E-state index contributed by atoms with van der Waals surface area (Å²) in [6.07, 6.45) is 9.92. The average molecular weight is 1450 g/mol. The van der Waals surface area contributed by atoms with E-state index in [9.17, 15) is 28.8 Å². The van der Waals surface area contributed by atoms with Gasteiger partial charge in [-0.3, -0.25) is 28.8 Å². The van der Waals surface area contributed by atoms with Crippen LogP contribution in [0, 0.1) is 20.8 Å². The fourth-order valence-corrected chi connectivity index (χ4v) is 9.34. The van der Waals surface area contributed by atoms with Crippen molar-refractivity contribution in [1.29, 1.82) is 0 Å². The van der Waals surface area contributed by atoms with Crippen LogP contribution in [0.15, 0.2) is 45.3 Å². The highest BCUT2D eigenvalue weighted by atomic mass is 16.5. The molecule has 30 nitrogen and oxygen atoms in total. The van der Waals surface area contributed by atoms with Gasteiger partial charge in [0.2, 0.25) is 0 Å². The van der Waals surface area contributed by atoms with E-state index in [1.165, 1.54) is 0 Å². The highest BCUT2D eigenvalue weighted by Gasteiger charge is 2.25. The molecule has 0 radical (unpaired) electrons. The van der Waals surface area contributed by atoms with E-state index in [2.05, 4.69) is 163 Å². The lowest BCUT2D eigenvalue weighted by Crippen LogP contribution is -2.43. The lowest BCUT2D eigenvalue weighted by molar-refractivity contribution is 0.0920. The highest BCUT2D eigenvalue weighted by molar-refractivity contribution is 5.95. The maximum Gasteiger partial charge on any atom is 0.273 e. The van der Waals surface area contributed by atoms with Gasteiger partial charge in [0.1, 0.15) is 34.6 Å². The number of nitrogens with one attached hydrogen (secondary N) is 10. The maximum absolute atomic E-state index is 12.1. The Kier molecular flexibility index (Phi) is 47.5. The van der Waals surface area contributed by atoms with Gasteiger partial charge in [-0.1, -0.05) is 100 Å². The molecule has 30 heteroatoms. The zero-order valence-electron chi connectivity index (χ0n) is 66.1. The molecule has 0 saturated heterocycles. The van der Waals surface area contributed by atoms with E-state index >= 15 is 0 Å². The smallest absolute Gasteiger partial charge is 0.273 e. The van der Waals surface area contributed by atoms with Gasteiger partial charge in [0.05, 0.1) is 0 Å².